The summed E-state index contributed by atoms with van der Waals surface area (Å²) < 4.78 is 6.81. The van der Waals surface area contributed by atoms with Gasteiger partial charge in [0.05, 0.1) is 12.2 Å². The second-order valence-corrected chi connectivity index (χ2v) is 24.2. The van der Waals surface area contributed by atoms with Gasteiger partial charge in [-0.15, -0.1) is 0 Å². The van der Waals surface area contributed by atoms with Crippen molar-refractivity contribution in [3.05, 3.63) is 0 Å². The number of nitrogens with one attached hydrogen (secondary N) is 1. The molecule has 4 nitrogen and oxygen atoms in total. The first-order chi connectivity index (χ1) is 28.2. The molecular formula is C53H87N3O. The van der Waals surface area contributed by atoms with Crippen molar-refractivity contribution in [2.45, 2.75) is 248 Å². The highest BCUT2D eigenvalue weighted by Crippen LogP contribution is 2.59. The van der Waals surface area contributed by atoms with Gasteiger partial charge in [0, 0.05) is 36.3 Å². The van der Waals surface area contributed by atoms with E-state index in [1.54, 1.807) is 96.3 Å². The number of piperidine rings is 1. The largest absolute Gasteiger partial charge is 0.374 e. The Balaban J connectivity index is 0.750. The van der Waals surface area contributed by atoms with Gasteiger partial charge in [-0.2, -0.15) is 0 Å². The summed E-state index contributed by atoms with van der Waals surface area (Å²) in [6, 6.07) is 5.55. The van der Waals surface area contributed by atoms with E-state index in [-0.39, 0.29) is 0 Å². The zero-order chi connectivity index (χ0) is 37.5. The summed E-state index contributed by atoms with van der Waals surface area (Å²) in [5.74, 6) is 12.1. The van der Waals surface area contributed by atoms with Crippen LogP contribution in [0.1, 0.15) is 199 Å². The number of nitrogens with zero attached hydrogens (tertiary/aromatic N) is 2. The molecule has 4 heteroatoms. The fraction of sp³-hybridized carbons (Fsp3) is 1.00. The third-order valence-electron chi connectivity index (χ3n) is 22.1. The van der Waals surface area contributed by atoms with Crippen molar-refractivity contribution < 1.29 is 4.74 Å². The molecule has 18 atom stereocenters. The summed E-state index contributed by atoms with van der Waals surface area (Å²) in [5, 5.41) is 3.74. The summed E-state index contributed by atoms with van der Waals surface area (Å²) in [4.78, 5) is 6.75. The summed E-state index contributed by atoms with van der Waals surface area (Å²) in [6.07, 6.45) is 48.6. The van der Waals surface area contributed by atoms with E-state index in [9.17, 15) is 0 Å². The molecule has 0 aromatic heterocycles. The molecule has 4 aliphatic heterocycles. The molecule has 320 valence electrons. The second kappa shape index (κ2) is 16.5. The first-order valence-electron chi connectivity index (χ1n) is 27.2. The van der Waals surface area contributed by atoms with Gasteiger partial charge in [-0.1, -0.05) is 70.6 Å². The van der Waals surface area contributed by atoms with Crippen LogP contribution in [0.15, 0.2) is 0 Å². The number of hydrogen-bond donors (Lipinski definition) is 1. The van der Waals surface area contributed by atoms with Gasteiger partial charge in [-0.05, 0) is 213 Å². The molecule has 0 spiro atoms. The van der Waals surface area contributed by atoms with Crippen molar-refractivity contribution >= 4 is 0 Å². The van der Waals surface area contributed by atoms with Crippen molar-refractivity contribution in [3.63, 3.8) is 0 Å². The molecule has 0 radical (unpaired) electrons. The average molecular weight is 782 g/mol. The van der Waals surface area contributed by atoms with Crippen LogP contribution in [0, 0.1) is 71.0 Å². The predicted molar refractivity (Wildman–Crippen MR) is 233 cm³/mol. The predicted octanol–water partition coefficient (Wildman–Crippen LogP) is 11.8. The maximum Gasteiger partial charge on any atom is 0.0612 e. The summed E-state index contributed by atoms with van der Waals surface area (Å²) in [5.41, 5.74) is 0. The Morgan fingerprint density at radius 3 is 1.49 bits per heavy atom. The van der Waals surface area contributed by atoms with Crippen molar-refractivity contribution in [2.24, 2.45) is 71.0 Å². The van der Waals surface area contributed by atoms with Crippen LogP contribution < -0.4 is 5.32 Å². The van der Waals surface area contributed by atoms with Crippen LogP contribution in [0.4, 0.5) is 0 Å². The van der Waals surface area contributed by atoms with E-state index >= 15 is 0 Å². The zero-order valence-corrected chi connectivity index (χ0v) is 36.7. The van der Waals surface area contributed by atoms with Crippen LogP contribution in [0.5, 0.6) is 0 Å². The lowest BCUT2D eigenvalue weighted by Gasteiger charge is -2.50. The highest BCUT2D eigenvalue weighted by atomic mass is 16.5. The van der Waals surface area contributed by atoms with Crippen molar-refractivity contribution in [3.8, 4) is 0 Å². The number of hydrogen-bond acceptors (Lipinski definition) is 4. The molecule has 0 aromatic carbocycles. The minimum atomic E-state index is 0.614. The molecule has 12 fully saturated rings. The normalized spacial score (nSPS) is 52.6. The third-order valence-corrected chi connectivity index (χ3v) is 22.1. The van der Waals surface area contributed by atoms with Crippen LogP contribution in [-0.4, -0.2) is 71.3 Å². The topological polar surface area (TPSA) is 27.7 Å². The summed E-state index contributed by atoms with van der Waals surface area (Å²) >= 11 is 0. The van der Waals surface area contributed by atoms with Crippen LogP contribution in [0.25, 0.3) is 0 Å². The van der Waals surface area contributed by atoms with Crippen molar-refractivity contribution in [1.82, 2.24) is 15.1 Å². The van der Waals surface area contributed by atoms with E-state index in [4.69, 9.17) is 4.74 Å². The summed E-state index contributed by atoms with van der Waals surface area (Å²) in [6.45, 7) is 2.58. The molecular weight excluding hydrogens is 695 g/mol. The molecule has 4 heterocycles. The lowest BCUT2D eigenvalue weighted by atomic mass is 9.62. The van der Waals surface area contributed by atoms with E-state index in [0.717, 1.165) is 107 Å². The Kier molecular flexibility index (Phi) is 11.2. The van der Waals surface area contributed by atoms with Gasteiger partial charge >= 0.3 is 0 Å². The monoisotopic (exact) mass is 782 g/mol. The highest BCUT2D eigenvalue weighted by molar-refractivity contribution is 5.11. The molecule has 0 bridgehead atoms. The van der Waals surface area contributed by atoms with Crippen molar-refractivity contribution in [1.29, 1.82) is 0 Å². The SMILES string of the molecule is C1CCC(C2CC(C3CCNCC3)CC(N3C4CCCCC4C4CC(C5CCC6C(C5)C5CCCCC5N6C5CCC6OC7CCCCC7C6C5)CCC43)C2)CC1. The van der Waals surface area contributed by atoms with Gasteiger partial charge < -0.3 is 10.1 Å². The molecule has 4 saturated heterocycles. The molecule has 18 unspecified atom stereocenters. The lowest BCUT2D eigenvalue weighted by molar-refractivity contribution is -0.0196. The van der Waals surface area contributed by atoms with Gasteiger partial charge in [0.25, 0.3) is 0 Å². The second-order valence-electron chi connectivity index (χ2n) is 24.2. The van der Waals surface area contributed by atoms with Crippen LogP contribution >= 0.6 is 0 Å². The van der Waals surface area contributed by atoms with E-state index in [0.29, 0.717) is 12.2 Å². The van der Waals surface area contributed by atoms with E-state index in [2.05, 4.69) is 15.1 Å². The van der Waals surface area contributed by atoms with Crippen LogP contribution in [-0.2, 0) is 4.74 Å². The first kappa shape index (κ1) is 38.5. The Bertz CT molecular complexity index is 1330. The minimum absolute atomic E-state index is 0.614. The van der Waals surface area contributed by atoms with E-state index < -0.39 is 0 Å². The van der Waals surface area contributed by atoms with Crippen LogP contribution in [0.3, 0.4) is 0 Å². The summed E-state index contributed by atoms with van der Waals surface area (Å²) in [7, 11) is 0. The van der Waals surface area contributed by atoms with Crippen LogP contribution in [0.2, 0.25) is 0 Å². The molecule has 8 saturated carbocycles. The number of ether oxygens (including phenoxy) is 1. The molecule has 57 heavy (non-hydrogen) atoms. The number of fused-ring (bicyclic) bond motifs is 9. The van der Waals surface area contributed by atoms with Crippen molar-refractivity contribution in [2.75, 3.05) is 13.1 Å². The maximum absolute atomic E-state index is 6.81. The molecule has 12 aliphatic rings. The molecule has 1 N–H and O–H groups in total. The van der Waals surface area contributed by atoms with E-state index in [1.807, 2.05) is 0 Å². The maximum atomic E-state index is 6.81. The molecule has 12 rings (SSSR count). The zero-order valence-electron chi connectivity index (χ0n) is 36.7. The first-order valence-corrected chi connectivity index (χ1v) is 27.2. The number of rotatable bonds is 5. The smallest absolute Gasteiger partial charge is 0.0612 e. The van der Waals surface area contributed by atoms with Gasteiger partial charge in [0.15, 0.2) is 0 Å². The highest BCUT2D eigenvalue weighted by Gasteiger charge is 2.59. The fourth-order valence-corrected chi connectivity index (χ4v) is 19.9. The quantitative estimate of drug-likeness (QED) is 0.301. The Labute approximate surface area is 350 Å². The molecule has 8 aliphatic carbocycles. The Morgan fingerprint density at radius 1 is 0.298 bits per heavy atom. The Morgan fingerprint density at radius 2 is 0.825 bits per heavy atom. The fourth-order valence-electron chi connectivity index (χ4n) is 19.9. The van der Waals surface area contributed by atoms with Gasteiger partial charge in [-0.25, -0.2) is 0 Å². The van der Waals surface area contributed by atoms with E-state index in [1.165, 1.54) is 116 Å². The van der Waals surface area contributed by atoms with Gasteiger partial charge in [0.1, 0.15) is 0 Å². The average Bonchev–Trinajstić information content (AvgIpc) is 3.94. The van der Waals surface area contributed by atoms with Gasteiger partial charge in [0.2, 0.25) is 0 Å². The molecule has 0 amide bonds. The lowest BCUT2D eigenvalue weighted by Crippen LogP contribution is -2.52. The van der Waals surface area contributed by atoms with Gasteiger partial charge in [-0.3, -0.25) is 9.80 Å². The number of likely N-dealkylation sites (tertiary alicyclic amines) is 2. The minimum Gasteiger partial charge on any atom is -0.374 e. The standard InChI is InChI=1S/C53H87N3O/c1-2-10-34(11-3-1)38-28-39(35-24-26-54-27-25-35)30-41(29-38)56-49-16-8-5-13-43(49)46-32-37(19-22-51(46)56)36-18-21-50-45(31-36)42-12-4-7-15-48(42)55(50)40-20-23-53-47(33-40)44-14-6-9-17-52(44)57-53/h34-54H,1-33H2. The third kappa shape index (κ3) is 7.02. The Hall–Kier alpha value is -0.160. The molecule has 0 aromatic rings.